The Morgan fingerprint density at radius 2 is 2.50 bits per heavy atom. The first-order valence-electron chi connectivity index (χ1n) is 3.72. The van der Waals surface area contributed by atoms with Crippen molar-refractivity contribution in [3.63, 3.8) is 0 Å². The van der Waals surface area contributed by atoms with Gasteiger partial charge in [0.15, 0.2) is 0 Å². The minimum atomic E-state index is -0.613. The number of hydrogen-bond donors (Lipinski definition) is 1. The van der Waals surface area contributed by atoms with Crippen LogP contribution in [0.3, 0.4) is 0 Å². The zero-order valence-electron chi connectivity index (χ0n) is 6.67. The van der Waals surface area contributed by atoms with Crippen LogP contribution in [-0.2, 0) is 14.3 Å². The van der Waals surface area contributed by atoms with E-state index in [0.717, 1.165) is 0 Å². The fourth-order valence-corrected chi connectivity index (χ4v) is 0.976. The van der Waals surface area contributed by atoms with E-state index in [2.05, 4.69) is 10.1 Å². The highest BCUT2D eigenvalue weighted by atomic mass is 35.5. The number of cyclic esters (lactones) is 1. The van der Waals surface area contributed by atoms with Gasteiger partial charge in [0.25, 0.3) is 0 Å². The van der Waals surface area contributed by atoms with Crippen LogP contribution < -0.4 is 5.32 Å². The van der Waals surface area contributed by atoms with Crippen molar-refractivity contribution in [1.29, 1.82) is 0 Å². The number of nitrogens with one attached hydrogen (secondary N) is 1. The van der Waals surface area contributed by atoms with Crippen LogP contribution in [0.4, 0.5) is 0 Å². The molecule has 68 valence electrons. The summed E-state index contributed by atoms with van der Waals surface area (Å²) in [6, 6.07) is -0.501. The summed E-state index contributed by atoms with van der Waals surface area (Å²) in [5.74, 6) is -0.707. The zero-order valence-corrected chi connectivity index (χ0v) is 7.43. The second-order valence-corrected chi connectivity index (χ2v) is 3.29. The van der Waals surface area contributed by atoms with Crippen molar-refractivity contribution in [2.75, 3.05) is 6.61 Å². The number of carbonyl (C=O) groups excluding carboxylic acids is 2. The third-order valence-electron chi connectivity index (χ3n) is 1.61. The maximum Gasteiger partial charge on any atom is 0.328 e. The Labute approximate surface area is 75.2 Å². The first-order valence-corrected chi connectivity index (χ1v) is 4.16. The molecule has 0 spiro atoms. The monoisotopic (exact) mass is 191 g/mol. The summed E-state index contributed by atoms with van der Waals surface area (Å²) in [6.07, 6.45) is 0.536. The fraction of sp³-hybridized carbons (Fsp3) is 0.714. The molecule has 0 aromatic rings. The summed E-state index contributed by atoms with van der Waals surface area (Å²) in [5, 5.41) is 1.87. The molecule has 2 atom stereocenters. The maximum atomic E-state index is 11.0. The Hall–Kier alpha value is -0.770. The van der Waals surface area contributed by atoms with E-state index < -0.39 is 11.4 Å². The topological polar surface area (TPSA) is 55.4 Å². The second kappa shape index (κ2) is 3.76. The summed E-state index contributed by atoms with van der Waals surface area (Å²) in [4.78, 5) is 21.8. The van der Waals surface area contributed by atoms with E-state index >= 15 is 0 Å². The molecular formula is C7H10ClNO3. The number of esters is 1. The van der Waals surface area contributed by atoms with E-state index in [1.807, 2.05) is 0 Å². The number of rotatable bonds is 2. The third kappa shape index (κ3) is 2.11. The van der Waals surface area contributed by atoms with E-state index in [-0.39, 0.29) is 11.9 Å². The van der Waals surface area contributed by atoms with E-state index in [4.69, 9.17) is 11.6 Å². The Kier molecular flexibility index (Phi) is 2.92. The van der Waals surface area contributed by atoms with Gasteiger partial charge in [-0.2, -0.15) is 0 Å². The predicted molar refractivity (Wildman–Crippen MR) is 42.8 cm³/mol. The van der Waals surface area contributed by atoms with Crippen LogP contribution in [0.2, 0.25) is 0 Å². The fourth-order valence-electron chi connectivity index (χ4n) is 0.913. The van der Waals surface area contributed by atoms with E-state index in [1.54, 1.807) is 6.92 Å². The van der Waals surface area contributed by atoms with Gasteiger partial charge in [0.05, 0.1) is 6.61 Å². The maximum absolute atomic E-state index is 11.0. The number of hydrogen-bond acceptors (Lipinski definition) is 3. The van der Waals surface area contributed by atoms with E-state index in [1.165, 1.54) is 0 Å². The Bertz CT molecular complexity index is 205. The molecule has 12 heavy (non-hydrogen) atoms. The number of halogens is 1. The van der Waals surface area contributed by atoms with Crippen LogP contribution in [0.1, 0.15) is 13.3 Å². The average Bonchev–Trinajstić information content (AvgIpc) is 2.36. The molecule has 5 heteroatoms. The van der Waals surface area contributed by atoms with Gasteiger partial charge in [0, 0.05) is 6.42 Å². The van der Waals surface area contributed by atoms with E-state index in [9.17, 15) is 9.59 Å². The van der Waals surface area contributed by atoms with Crippen LogP contribution in [0.25, 0.3) is 0 Å². The first-order chi connectivity index (χ1) is 5.61. The molecule has 2 unspecified atom stereocenters. The number of carbonyl (C=O) groups is 2. The number of alkyl halides is 1. The molecular weight excluding hydrogens is 182 g/mol. The molecule has 1 N–H and O–H groups in total. The minimum absolute atomic E-state index is 0.333. The second-order valence-electron chi connectivity index (χ2n) is 2.63. The summed E-state index contributed by atoms with van der Waals surface area (Å²) in [5.41, 5.74) is 0. The SMILES string of the molecule is CC(Cl)C(=O)NC1CCOC1=O. The molecule has 4 nitrogen and oxygen atoms in total. The number of ether oxygens (including phenoxy) is 1. The molecule has 0 aromatic heterocycles. The normalized spacial score (nSPS) is 24.8. The smallest absolute Gasteiger partial charge is 0.328 e. The van der Waals surface area contributed by atoms with Crippen LogP contribution in [0.15, 0.2) is 0 Å². The molecule has 1 saturated heterocycles. The molecule has 1 rings (SSSR count). The lowest BCUT2D eigenvalue weighted by molar-refractivity contribution is -0.141. The van der Waals surface area contributed by atoms with Crippen molar-refractivity contribution in [3.05, 3.63) is 0 Å². The van der Waals surface area contributed by atoms with E-state index in [0.29, 0.717) is 13.0 Å². The minimum Gasteiger partial charge on any atom is -0.464 e. The molecule has 1 aliphatic heterocycles. The lowest BCUT2D eigenvalue weighted by atomic mass is 10.2. The van der Waals surface area contributed by atoms with Crippen molar-refractivity contribution in [3.8, 4) is 0 Å². The molecule has 1 aliphatic rings. The van der Waals surface area contributed by atoms with Gasteiger partial charge in [-0.15, -0.1) is 11.6 Å². The molecule has 0 aliphatic carbocycles. The van der Waals surface area contributed by atoms with Crippen LogP contribution >= 0.6 is 11.6 Å². The van der Waals surface area contributed by atoms with Gasteiger partial charge in [-0.25, -0.2) is 4.79 Å². The summed E-state index contributed by atoms with van der Waals surface area (Å²) in [6.45, 7) is 1.93. The highest BCUT2D eigenvalue weighted by Gasteiger charge is 2.28. The predicted octanol–water partition coefficient (Wildman–Crippen LogP) is 0.0454. The van der Waals surface area contributed by atoms with Crippen LogP contribution in [-0.4, -0.2) is 29.9 Å². The van der Waals surface area contributed by atoms with Crippen LogP contribution in [0, 0.1) is 0 Å². The van der Waals surface area contributed by atoms with Crippen molar-refractivity contribution >= 4 is 23.5 Å². The van der Waals surface area contributed by atoms with Crippen molar-refractivity contribution in [1.82, 2.24) is 5.32 Å². The van der Waals surface area contributed by atoms with Crippen molar-refractivity contribution < 1.29 is 14.3 Å². The summed E-state index contributed by atoms with van der Waals surface area (Å²) in [7, 11) is 0. The molecule has 1 amide bonds. The standard InChI is InChI=1S/C7H10ClNO3/c1-4(8)6(10)9-5-2-3-12-7(5)11/h4-5H,2-3H2,1H3,(H,9,10). The molecule has 0 radical (unpaired) electrons. The molecule has 0 aromatic carbocycles. The quantitative estimate of drug-likeness (QED) is 0.496. The van der Waals surface area contributed by atoms with Gasteiger partial charge < -0.3 is 10.1 Å². The van der Waals surface area contributed by atoms with Gasteiger partial charge in [-0.1, -0.05) is 0 Å². The Balaban J connectivity index is 2.40. The molecule has 1 fully saturated rings. The molecule has 0 bridgehead atoms. The Morgan fingerprint density at radius 3 is 2.92 bits per heavy atom. The van der Waals surface area contributed by atoms with Gasteiger partial charge in [-0.05, 0) is 6.92 Å². The highest BCUT2D eigenvalue weighted by molar-refractivity contribution is 6.30. The van der Waals surface area contributed by atoms with Gasteiger partial charge in [0.1, 0.15) is 11.4 Å². The van der Waals surface area contributed by atoms with Gasteiger partial charge in [-0.3, -0.25) is 4.79 Å². The van der Waals surface area contributed by atoms with Crippen LogP contribution in [0.5, 0.6) is 0 Å². The lowest BCUT2D eigenvalue weighted by Gasteiger charge is -2.09. The molecule has 1 heterocycles. The average molecular weight is 192 g/mol. The summed E-state index contributed by atoms with van der Waals surface area (Å²) < 4.78 is 4.65. The summed E-state index contributed by atoms with van der Waals surface area (Å²) >= 11 is 5.49. The first kappa shape index (κ1) is 9.32. The number of amides is 1. The van der Waals surface area contributed by atoms with Gasteiger partial charge in [0.2, 0.25) is 5.91 Å². The Morgan fingerprint density at radius 1 is 1.83 bits per heavy atom. The van der Waals surface area contributed by atoms with Crippen molar-refractivity contribution in [2.24, 2.45) is 0 Å². The lowest BCUT2D eigenvalue weighted by Crippen LogP contribution is -2.41. The molecule has 0 saturated carbocycles. The zero-order chi connectivity index (χ0) is 9.14. The highest BCUT2D eigenvalue weighted by Crippen LogP contribution is 2.06. The third-order valence-corrected chi connectivity index (χ3v) is 1.81. The largest absolute Gasteiger partial charge is 0.464 e. The van der Waals surface area contributed by atoms with Crippen molar-refractivity contribution in [2.45, 2.75) is 24.8 Å². The van der Waals surface area contributed by atoms with Gasteiger partial charge >= 0.3 is 5.97 Å².